The van der Waals surface area contributed by atoms with Gasteiger partial charge in [-0.1, -0.05) is 12.8 Å². The monoisotopic (exact) mass is 287 g/mol. The van der Waals surface area contributed by atoms with E-state index < -0.39 is 0 Å². The van der Waals surface area contributed by atoms with Crippen LogP contribution in [-0.4, -0.2) is 24.9 Å². The largest absolute Gasteiger partial charge is 0.495 e. The Morgan fingerprint density at radius 3 is 3.06 bits per heavy atom. The Hall–Kier alpha value is -0.740. The molecule has 2 atom stereocenters. The number of rotatable bonds is 4. The van der Waals surface area contributed by atoms with Crippen LogP contribution in [0.1, 0.15) is 35.4 Å². The first-order chi connectivity index (χ1) is 8.72. The summed E-state index contributed by atoms with van der Waals surface area (Å²) >= 11 is 7.68. The molecule has 1 heterocycles. The van der Waals surface area contributed by atoms with E-state index in [1.807, 2.05) is 11.4 Å². The smallest absolute Gasteiger partial charge is 0.265 e. The van der Waals surface area contributed by atoms with Crippen LogP contribution in [0.3, 0.4) is 0 Å². The number of methoxy groups -OCH3 is 1. The molecule has 1 aromatic heterocycles. The van der Waals surface area contributed by atoms with E-state index in [1.54, 1.807) is 7.11 Å². The number of carbonyl (C=O) groups is 1. The molecule has 2 unspecified atom stereocenters. The maximum Gasteiger partial charge on any atom is 0.265 e. The van der Waals surface area contributed by atoms with E-state index in [0.29, 0.717) is 23.1 Å². The maximum atomic E-state index is 12.0. The summed E-state index contributed by atoms with van der Waals surface area (Å²) in [6, 6.07) is 1.81. The zero-order valence-corrected chi connectivity index (χ0v) is 12.0. The second kappa shape index (κ2) is 6.43. The van der Waals surface area contributed by atoms with Gasteiger partial charge < -0.3 is 10.1 Å². The molecule has 0 saturated heterocycles. The lowest BCUT2D eigenvalue weighted by Gasteiger charge is -2.27. The normalized spacial score (nSPS) is 23.7. The summed E-state index contributed by atoms with van der Waals surface area (Å²) in [7, 11) is 1.58. The standard InChI is InChI=1S/C13H18ClNO2S/c1-17-11-6-7-18-12(11)13(16)15-8-9-4-2-3-5-10(9)14/h6-7,9-10H,2-5,8H2,1H3,(H,15,16). The summed E-state index contributed by atoms with van der Waals surface area (Å²) in [4.78, 5) is 12.6. The predicted molar refractivity (Wildman–Crippen MR) is 74.8 cm³/mol. The van der Waals surface area contributed by atoms with Crippen molar-refractivity contribution in [3.63, 3.8) is 0 Å². The Kier molecular flexibility index (Phi) is 4.89. The summed E-state index contributed by atoms with van der Waals surface area (Å²) in [6.07, 6.45) is 4.59. The van der Waals surface area contributed by atoms with Gasteiger partial charge in [0.1, 0.15) is 10.6 Å². The van der Waals surface area contributed by atoms with E-state index in [4.69, 9.17) is 16.3 Å². The summed E-state index contributed by atoms with van der Waals surface area (Å²) in [6.45, 7) is 0.661. The third-order valence-corrected chi connectivity index (χ3v) is 4.87. The lowest BCUT2D eigenvalue weighted by molar-refractivity contribution is 0.0945. The number of hydrogen-bond acceptors (Lipinski definition) is 3. The van der Waals surface area contributed by atoms with Gasteiger partial charge in [0, 0.05) is 11.9 Å². The van der Waals surface area contributed by atoms with Crippen molar-refractivity contribution in [1.82, 2.24) is 5.32 Å². The second-order valence-corrected chi connectivity index (χ2v) is 6.07. The summed E-state index contributed by atoms with van der Waals surface area (Å²) in [5.41, 5.74) is 0. The van der Waals surface area contributed by atoms with Crippen molar-refractivity contribution in [2.24, 2.45) is 5.92 Å². The van der Waals surface area contributed by atoms with E-state index in [2.05, 4.69) is 5.32 Å². The fraction of sp³-hybridized carbons (Fsp3) is 0.615. The van der Waals surface area contributed by atoms with E-state index in [1.165, 1.54) is 24.2 Å². The SMILES string of the molecule is COc1ccsc1C(=O)NCC1CCCCC1Cl. The molecule has 100 valence electrons. The van der Waals surface area contributed by atoms with Crippen LogP contribution in [0.25, 0.3) is 0 Å². The number of nitrogens with one attached hydrogen (secondary N) is 1. The Morgan fingerprint density at radius 2 is 2.33 bits per heavy atom. The second-order valence-electron chi connectivity index (χ2n) is 4.59. The Morgan fingerprint density at radius 1 is 1.56 bits per heavy atom. The number of alkyl halides is 1. The molecule has 1 aliphatic rings. The molecule has 0 aliphatic heterocycles. The van der Waals surface area contributed by atoms with Crippen molar-refractivity contribution in [3.05, 3.63) is 16.3 Å². The van der Waals surface area contributed by atoms with Crippen LogP contribution in [0.2, 0.25) is 0 Å². The van der Waals surface area contributed by atoms with Crippen molar-refractivity contribution in [2.75, 3.05) is 13.7 Å². The zero-order valence-electron chi connectivity index (χ0n) is 10.4. The van der Waals surface area contributed by atoms with Gasteiger partial charge >= 0.3 is 0 Å². The number of amides is 1. The first kappa shape index (κ1) is 13.7. The lowest BCUT2D eigenvalue weighted by atomic mass is 9.89. The van der Waals surface area contributed by atoms with Crippen LogP contribution in [0.15, 0.2) is 11.4 Å². The molecule has 18 heavy (non-hydrogen) atoms. The first-order valence-corrected chi connectivity index (χ1v) is 7.57. The van der Waals surface area contributed by atoms with E-state index >= 15 is 0 Å². The predicted octanol–water partition coefficient (Wildman–Crippen LogP) is 3.28. The van der Waals surface area contributed by atoms with Crippen LogP contribution in [0, 0.1) is 5.92 Å². The number of hydrogen-bond donors (Lipinski definition) is 1. The molecule has 0 spiro atoms. The van der Waals surface area contributed by atoms with Gasteiger partial charge in [0.25, 0.3) is 5.91 Å². The topological polar surface area (TPSA) is 38.3 Å². The molecule has 3 nitrogen and oxygen atoms in total. The number of thiophene rings is 1. The third-order valence-electron chi connectivity index (χ3n) is 3.40. The molecule has 0 radical (unpaired) electrons. The fourth-order valence-electron chi connectivity index (χ4n) is 2.32. The molecule has 0 bridgehead atoms. The van der Waals surface area contributed by atoms with Gasteiger partial charge in [-0.05, 0) is 30.2 Å². The fourth-order valence-corrected chi connectivity index (χ4v) is 3.46. The van der Waals surface area contributed by atoms with Crippen LogP contribution >= 0.6 is 22.9 Å². The number of carbonyl (C=O) groups excluding carboxylic acids is 1. The van der Waals surface area contributed by atoms with Crippen molar-refractivity contribution in [1.29, 1.82) is 0 Å². The van der Waals surface area contributed by atoms with Crippen LogP contribution in [0.5, 0.6) is 5.75 Å². The molecule has 2 rings (SSSR count). The molecular formula is C13H18ClNO2S. The third kappa shape index (κ3) is 3.18. The van der Waals surface area contributed by atoms with Gasteiger partial charge in [-0.3, -0.25) is 4.79 Å². The maximum absolute atomic E-state index is 12.0. The molecule has 1 aromatic rings. The number of ether oxygens (including phenoxy) is 1. The average molecular weight is 288 g/mol. The Balaban J connectivity index is 1.88. The highest BCUT2D eigenvalue weighted by molar-refractivity contribution is 7.12. The zero-order chi connectivity index (χ0) is 13.0. The average Bonchev–Trinajstić information content (AvgIpc) is 2.86. The van der Waals surface area contributed by atoms with E-state index in [0.717, 1.165) is 12.8 Å². The molecular weight excluding hydrogens is 270 g/mol. The molecule has 1 N–H and O–H groups in total. The minimum absolute atomic E-state index is 0.0590. The molecule has 1 aliphatic carbocycles. The minimum Gasteiger partial charge on any atom is -0.495 e. The van der Waals surface area contributed by atoms with Gasteiger partial charge in [0.2, 0.25) is 0 Å². The molecule has 1 fully saturated rings. The van der Waals surface area contributed by atoms with Crippen LogP contribution < -0.4 is 10.1 Å². The summed E-state index contributed by atoms with van der Waals surface area (Å²) in [5, 5.41) is 5.03. The van der Waals surface area contributed by atoms with Crippen molar-refractivity contribution in [2.45, 2.75) is 31.1 Å². The summed E-state index contributed by atoms with van der Waals surface area (Å²) < 4.78 is 5.14. The van der Waals surface area contributed by atoms with Gasteiger partial charge in [-0.2, -0.15) is 0 Å². The van der Waals surface area contributed by atoms with Crippen LogP contribution in [-0.2, 0) is 0 Å². The molecule has 0 aromatic carbocycles. The van der Waals surface area contributed by atoms with E-state index in [-0.39, 0.29) is 11.3 Å². The first-order valence-electron chi connectivity index (χ1n) is 6.26. The van der Waals surface area contributed by atoms with Gasteiger partial charge in [-0.25, -0.2) is 0 Å². The molecule has 5 heteroatoms. The Bertz CT molecular complexity index is 407. The Labute approximate surface area is 116 Å². The quantitative estimate of drug-likeness (QED) is 0.863. The number of halogens is 1. The van der Waals surface area contributed by atoms with Crippen molar-refractivity contribution >= 4 is 28.8 Å². The van der Waals surface area contributed by atoms with Gasteiger partial charge in [0.05, 0.1) is 7.11 Å². The minimum atomic E-state index is -0.0590. The lowest BCUT2D eigenvalue weighted by Crippen LogP contribution is -2.34. The highest BCUT2D eigenvalue weighted by Crippen LogP contribution is 2.28. The highest BCUT2D eigenvalue weighted by Gasteiger charge is 2.24. The highest BCUT2D eigenvalue weighted by atomic mass is 35.5. The van der Waals surface area contributed by atoms with Crippen LogP contribution in [0.4, 0.5) is 0 Å². The van der Waals surface area contributed by atoms with E-state index in [9.17, 15) is 4.79 Å². The van der Waals surface area contributed by atoms with Gasteiger partial charge in [0.15, 0.2) is 0 Å². The van der Waals surface area contributed by atoms with Crippen molar-refractivity contribution < 1.29 is 9.53 Å². The molecule has 1 saturated carbocycles. The van der Waals surface area contributed by atoms with Gasteiger partial charge in [-0.15, -0.1) is 22.9 Å². The summed E-state index contributed by atoms with van der Waals surface area (Å²) in [5.74, 6) is 0.982. The van der Waals surface area contributed by atoms with Crippen molar-refractivity contribution in [3.8, 4) is 5.75 Å². The molecule has 1 amide bonds.